The van der Waals surface area contributed by atoms with E-state index in [1.807, 2.05) is 12.1 Å². The van der Waals surface area contributed by atoms with Crippen LogP contribution in [0.2, 0.25) is 5.02 Å². The smallest absolute Gasteiger partial charge is 0.277 e. The van der Waals surface area contributed by atoms with E-state index in [4.69, 9.17) is 16.0 Å². The van der Waals surface area contributed by atoms with Crippen LogP contribution in [0.25, 0.3) is 11.5 Å². The number of amides is 2. The minimum absolute atomic E-state index is 0.0294. The summed E-state index contributed by atoms with van der Waals surface area (Å²) < 4.78 is 5.66. The SMILES string of the molecule is C[C@H](Sc1nnc(-c2cccc(Cl)c2)o1)C(=O)N1CC(=O)Nc2ccccc21. The van der Waals surface area contributed by atoms with Crippen molar-refractivity contribution in [3.05, 3.63) is 53.6 Å². The summed E-state index contributed by atoms with van der Waals surface area (Å²) in [5.74, 6) is -0.118. The van der Waals surface area contributed by atoms with E-state index in [9.17, 15) is 9.59 Å². The molecular weight excluding hydrogens is 400 g/mol. The molecule has 0 fully saturated rings. The number of nitrogens with one attached hydrogen (secondary N) is 1. The van der Waals surface area contributed by atoms with Crippen LogP contribution < -0.4 is 10.2 Å². The molecule has 2 amide bonds. The number of para-hydroxylation sites is 2. The van der Waals surface area contributed by atoms with Crippen molar-refractivity contribution in [2.24, 2.45) is 0 Å². The predicted octanol–water partition coefficient (Wildman–Crippen LogP) is 3.86. The van der Waals surface area contributed by atoms with Gasteiger partial charge in [0.1, 0.15) is 6.54 Å². The summed E-state index contributed by atoms with van der Waals surface area (Å²) in [6.07, 6.45) is 0. The molecule has 4 rings (SSSR count). The number of rotatable bonds is 4. The lowest BCUT2D eigenvalue weighted by molar-refractivity contribution is -0.121. The Bertz CT molecular complexity index is 1050. The minimum Gasteiger partial charge on any atom is -0.411 e. The monoisotopic (exact) mass is 414 g/mol. The zero-order valence-corrected chi connectivity index (χ0v) is 16.3. The molecule has 2 aromatic carbocycles. The van der Waals surface area contributed by atoms with Crippen molar-refractivity contribution in [2.45, 2.75) is 17.4 Å². The first-order chi connectivity index (χ1) is 13.5. The number of thioether (sulfide) groups is 1. The lowest BCUT2D eigenvalue weighted by atomic mass is 10.2. The number of hydrogen-bond donors (Lipinski definition) is 1. The fraction of sp³-hybridized carbons (Fsp3) is 0.158. The van der Waals surface area contributed by atoms with Crippen LogP contribution >= 0.6 is 23.4 Å². The number of aromatic nitrogens is 2. The maximum atomic E-state index is 12.9. The van der Waals surface area contributed by atoms with E-state index in [1.165, 1.54) is 4.90 Å². The third-order valence-corrected chi connectivity index (χ3v) is 5.30. The number of fused-ring (bicyclic) bond motifs is 1. The molecule has 0 saturated carbocycles. The van der Waals surface area contributed by atoms with Crippen molar-refractivity contribution in [1.29, 1.82) is 0 Å². The summed E-state index contributed by atoms with van der Waals surface area (Å²) in [4.78, 5) is 26.4. The van der Waals surface area contributed by atoms with Crippen LogP contribution in [0.1, 0.15) is 6.92 Å². The molecule has 1 aliphatic rings. The zero-order valence-electron chi connectivity index (χ0n) is 14.8. The maximum Gasteiger partial charge on any atom is 0.277 e. The summed E-state index contributed by atoms with van der Waals surface area (Å²) in [5, 5.41) is 11.1. The molecule has 1 N–H and O–H groups in total. The topological polar surface area (TPSA) is 88.3 Å². The highest BCUT2D eigenvalue weighted by Crippen LogP contribution is 2.33. The minimum atomic E-state index is -0.522. The molecule has 9 heteroatoms. The van der Waals surface area contributed by atoms with Crippen molar-refractivity contribution >= 4 is 46.6 Å². The molecule has 0 bridgehead atoms. The second kappa shape index (κ2) is 7.65. The fourth-order valence-corrected chi connectivity index (χ4v) is 3.78. The lowest BCUT2D eigenvalue weighted by Crippen LogP contribution is -2.45. The average Bonchev–Trinajstić information content (AvgIpc) is 3.15. The highest BCUT2D eigenvalue weighted by molar-refractivity contribution is 8.00. The summed E-state index contributed by atoms with van der Waals surface area (Å²) in [6, 6.07) is 14.3. The van der Waals surface area contributed by atoms with Crippen LogP contribution in [-0.2, 0) is 9.59 Å². The Kier molecular flexibility index (Phi) is 5.06. The molecule has 3 aromatic rings. The Hall–Kier alpha value is -2.84. The molecule has 0 saturated heterocycles. The third-order valence-electron chi connectivity index (χ3n) is 4.14. The van der Waals surface area contributed by atoms with Gasteiger partial charge in [-0.3, -0.25) is 14.5 Å². The van der Waals surface area contributed by atoms with E-state index >= 15 is 0 Å². The number of anilines is 2. The van der Waals surface area contributed by atoms with Crippen LogP contribution in [0, 0.1) is 0 Å². The van der Waals surface area contributed by atoms with Gasteiger partial charge in [-0.05, 0) is 37.3 Å². The second-order valence-corrected chi connectivity index (χ2v) is 7.86. The van der Waals surface area contributed by atoms with Gasteiger partial charge in [0, 0.05) is 10.6 Å². The highest BCUT2D eigenvalue weighted by Gasteiger charge is 2.31. The molecular formula is C19H15ClN4O3S. The number of nitrogens with zero attached hydrogens (tertiary/aromatic N) is 3. The van der Waals surface area contributed by atoms with Gasteiger partial charge in [0.15, 0.2) is 0 Å². The van der Waals surface area contributed by atoms with Crippen LogP contribution in [-0.4, -0.2) is 33.8 Å². The first-order valence-electron chi connectivity index (χ1n) is 8.47. The zero-order chi connectivity index (χ0) is 19.7. The molecule has 142 valence electrons. The maximum absolute atomic E-state index is 12.9. The van der Waals surface area contributed by atoms with Gasteiger partial charge in [-0.25, -0.2) is 0 Å². The summed E-state index contributed by atoms with van der Waals surface area (Å²) in [6.45, 7) is 1.71. The van der Waals surface area contributed by atoms with E-state index in [0.29, 0.717) is 27.9 Å². The van der Waals surface area contributed by atoms with Gasteiger partial charge in [0.05, 0.1) is 16.6 Å². The van der Waals surface area contributed by atoms with Crippen LogP contribution in [0.15, 0.2) is 58.2 Å². The summed E-state index contributed by atoms with van der Waals surface area (Å²) in [7, 11) is 0. The van der Waals surface area contributed by atoms with E-state index < -0.39 is 5.25 Å². The number of carbonyl (C=O) groups is 2. The van der Waals surface area contributed by atoms with Crippen molar-refractivity contribution < 1.29 is 14.0 Å². The van der Waals surface area contributed by atoms with Crippen molar-refractivity contribution in [3.63, 3.8) is 0 Å². The number of hydrogen-bond acceptors (Lipinski definition) is 6. The van der Waals surface area contributed by atoms with Crippen LogP contribution in [0.5, 0.6) is 0 Å². The molecule has 1 atom stereocenters. The Morgan fingerprint density at radius 2 is 2.07 bits per heavy atom. The molecule has 1 aromatic heterocycles. The Labute approximate surface area is 170 Å². The third kappa shape index (κ3) is 3.74. The largest absolute Gasteiger partial charge is 0.411 e. The quantitative estimate of drug-likeness (QED) is 0.652. The van der Waals surface area contributed by atoms with Gasteiger partial charge < -0.3 is 9.73 Å². The van der Waals surface area contributed by atoms with Gasteiger partial charge in [-0.2, -0.15) is 0 Å². The highest BCUT2D eigenvalue weighted by atomic mass is 35.5. The Balaban J connectivity index is 1.51. The van der Waals surface area contributed by atoms with Gasteiger partial charge in [0.25, 0.3) is 5.22 Å². The second-order valence-electron chi connectivity index (χ2n) is 6.13. The van der Waals surface area contributed by atoms with Crippen molar-refractivity contribution in [1.82, 2.24) is 10.2 Å². The van der Waals surface area contributed by atoms with Gasteiger partial charge >= 0.3 is 0 Å². The van der Waals surface area contributed by atoms with E-state index in [0.717, 1.165) is 11.8 Å². The summed E-state index contributed by atoms with van der Waals surface area (Å²) >= 11 is 7.13. The van der Waals surface area contributed by atoms with Gasteiger partial charge in [-0.1, -0.05) is 41.6 Å². The molecule has 0 aliphatic carbocycles. The number of benzene rings is 2. The Morgan fingerprint density at radius 1 is 1.25 bits per heavy atom. The number of halogens is 1. The first kappa shape index (κ1) is 18.5. The van der Waals surface area contributed by atoms with Crippen molar-refractivity contribution in [3.8, 4) is 11.5 Å². The molecule has 2 heterocycles. The molecule has 1 aliphatic heterocycles. The van der Waals surface area contributed by atoms with E-state index in [1.54, 1.807) is 43.3 Å². The Morgan fingerprint density at radius 3 is 2.89 bits per heavy atom. The normalized spacial score (nSPS) is 14.4. The first-order valence-corrected chi connectivity index (χ1v) is 9.73. The molecule has 0 unspecified atom stereocenters. The van der Waals surface area contributed by atoms with Crippen molar-refractivity contribution in [2.75, 3.05) is 16.8 Å². The molecule has 28 heavy (non-hydrogen) atoms. The van der Waals surface area contributed by atoms with Crippen LogP contribution in [0.3, 0.4) is 0 Å². The standard InChI is InChI=1S/C19H15ClN4O3S/c1-11(18(26)24-10-16(25)21-14-7-2-3-8-15(14)24)28-19-23-22-17(27-19)12-5-4-6-13(20)9-12/h2-9,11H,10H2,1H3,(H,21,25)/t11-/m0/s1. The number of carbonyl (C=O) groups excluding carboxylic acids is 2. The predicted molar refractivity (Wildman–Crippen MR) is 107 cm³/mol. The molecule has 0 radical (unpaired) electrons. The van der Waals surface area contributed by atoms with E-state index in [2.05, 4.69) is 15.5 Å². The van der Waals surface area contributed by atoms with E-state index in [-0.39, 0.29) is 23.6 Å². The van der Waals surface area contributed by atoms with Gasteiger partial charge in [0.2, 0.25) is 17.7 Å². The molecule has 7 nitrogen and oxygen atoms in total. The van der Waals surface area contributed by atoms with Crippen LogP contribution in [0.4, 0.5) is 11.4 Å². The summed E-state index contributed by atoms with van der Waals surface area (Å²) in [5.41, 5.74) is 1.99. The lowest BCUT2D eigenvalue weighted by Gasteiger charge is -2.30. The average molecular weight is 415 g/mol. The van der Waals surface area contributed by atoms with Gasteiger partial charge in [-0.15, -0.1) is 10.2 Å². The fourth-order valence-electron chi connectivity index (χ4n) is 2.85. The molecule has 0 spiro atoms.